The summed E-state index contributed by atoms with van der Waals surface area (Å²) >= 11 is 8.91. The molecule has 0 unspecified atom stereocenters. The number of hydrogen-bond acceptors (Lipinski definition) is 2. The summed E-state index contributed by atoms with van der Waals surface area (Å²) < 4.78 is 0.697. The number of nitrogens with two attached hydrogens (primary N) is 1. The minimum Gasteiger partial charge on any atom is -0.397 e. The normalized spacial score (nSPS) is 9.64. The molecule has 0 radical (unpaired) electrons. The van der Waals surface area contributed by atoms with Crippen LogP contribution >= 0.6 is 27.5 Å². The molecule has 0 amide bonds. The Labute approximate surface area is 77.5 Å². The van der Waals surface area contributed by atoms with Gasteiger partial charge in [-0.1, -0.05) is 11.6 Å². The summed E-state index contributed by atoms with van der Waals surface area (Å²) in [5.41, 5.74) is 6.23. The molecule has 0 aliphatic heterocycles. The molecule has 1 rings (SSSR count). The lowest BCUT2D eigenvalue weighted by Gasteiger charge is -2.01. The molecular formula is C7H5BrClNO. The third-order valence-electron chi connectivity index (χ3n) is 1.29. The van der Waals surface area contributed by atoms with Gasteiger partial charge in [0.2, 0.25) is 0 Å². The van der Waals surface area contributed by atoms with E-state index in [4.69, 9.17) is 17.3 Å². The SMILES string of the molecule is Nc1c(C=O)ccc(Br)c1Cl. The average Bonchev–Trinajstić information content (AvgIpc) is 2.01. The number of carbonyl (C=O) groups excluding carboxylic acids is 1. The lowest BCUT2D eigenvalue weighted by molar-refractivity contribution is 0.112. The molecule has 2 N–H and O–H groups in total. The maximum Gasteiger partial charge on any atom is 0.152 e. The molecule has 0 fully saturated rings. The predicted octanol–water partition coefficient (Wildman–Crippen LogP) is 2.50. The van der Waals surface area contributed by atoms with Gasteiger partial charge in [0.1, 0.15) is 0 Å². The lowest BCUT2D eigenvalue weighted by atomic mass is 10.2. The quantitative estimate of drug-likeness (QED) is 0.599. The number of aldehydes is 1. The van der Waals surface area contributed by atoms with Crippen LogP contribution in [0.3, 0.4) is 0 Å². The van der Waals surface area contributed by atoms with Crippen LogP contribution in [0, 0.1) is 0 Å². The third kappa shape index (κ3) is 1.54. The fourth-order valence-electron chi connectivity index (χ4n) is 0.684. The monoisotopic (exact) mass is 233 g/mol. The number of nitrogen functional groups attached to an aromatic ring is 1. The number of anilines is 1. The topological polar surface area (TPSA) is 43.1 Å². The fraction of sp³-hybridized carbons (Fsp3) is 0. The summed E-state index contributed by atoms with van der Waals surface area (Å²) in [6.45, 7) is 0. The van der Waals surface area contributed by atoms with Crippen molar-refractivity contribution < 1.29 is 4.79 Å². The molecule has 0 bridgehead atoms. The summed E-state index contributed by atoms with van der Waals surface area (Å²) in [5.74, 6) is 0. The number of carbonyl (C=O) groups is 1. The van der Waals surface area contributed by atoms with Crippen molar-refractivity contribution >= 4 is 39.5 Å². The van der Waals surface area contributed by atoms with Gasteiger partial charge in [0.05, 0.1) is 10.7 Å². The van der Waals surface area contributed by atoms with E-state index in [0.29, 0.717) is 27.0 Å². The van der Waals surface area contributed by atoms with Gasteiger partial charge in [-0.05, 0) is 28.1 Å². The molecule has 0 atom stereocenters. The zero-order valence-corrected chi connectivity index (χ0v) is 7.82. The molecule has 4 heteroatoms. The van der Waals surface area contributed by atoms with Gasteiger partial charge in [0, 0.05) is 10.0 Å². The maximum absolute atomic E-state index is 10.3. The van der Waals surface area contributed by atoms with E-state index in [9.17, 15) is 4.79 Å². The summed E-state index contributed by atoms with van der Waals surface area (Å²) in [7, 11) is 0. The Balaban J connectivity index is 3.36. The Kier molecular flexibility index (Phi) is 2.52. The van der Waals surface area contributed by atoms with Gasteiger partial charge in [-0.25, -0.2) is 0 Å². The van der Waals surface area contributed by atoms with Gasteiger partial charge in [-0.15, -0.1) is 0 Å². The minimum absolute atomic E-state index is 0.316. The van der Waals surface area contributed by atoms with Crippen molar-refractivity contribution in [3.8, 4) is 0 Å². The summed E-state index contributed by atoms with van der Waals surface area (Å²) in [4.78, 5) is 10.3. The molecule has 11 heavy (non-hydrogen) atoms. The minimum atomic E-state index is 0.316. The van der Waals surface area contributed by atoms with E-state index in [2.05, 4.69) is 15.9 Å². The van der Waals surface area contributed by atoms with Crippen molar-refractivity contribution in [1.29, 1.82) is 0 Å². The van der Waals surface area contributed by atoms with Gasteiger partial charge in [0.15, 0.2) is 6.29 Å². The van der Waals surface area contributed by atoms with Crippen LogP contribution in [0.5, 0.6) is 0 Å². The Bertz CT molecular complexity index is 301. The van der Waals surface area contributed by atoms with Gasteiger partial charge < -0.3 is 5.73 Å². The second kappa shape index (κ2) is 3.24. The van der Waals surface area contributed by atoms with E-state index < -0.39 is 0 Å². The molecule has 0 aromatic heterocycles. The highest BCUT2D eigenvalue weighted by atomic mass is 79.9. The van der Waals surface area contributed by atoms with Gasteiger partial charge in [0.25, 0.3) is 0 Å². The van der Waals surface area contributed by atoms with Crippen LogP contribution < -0.4 is 5.73 Å². The average molecular weight is 234 g/mol. The number of rotatable bonds is 1. The Morgan fingerprint density at radius 2 is 2.18 bits per heavy atom. The first-order chi connectivity index (χ1) is 5.16. The molecular weight excluding hydrogens is 229 g/mol. The van der Waals surface area contributed by atoms with Crippen molar-refractivity contribution in [3.05, 3.63) is 27.2 Å². The van der Waals surface area contributed by atoms with Crippen LogP contribution in [0.2, 0.25) is 5.02 Å². The number of benzene rings is 1. The van der Waals surface area contributed by atoms with E-state index in [1.807, 2.05) is 0 Å². The van der Waals surface area contributed by atoms with Crippen molar-refractivity contribution in [1.82, 2.24) is 0 Å². The molecule has 0 heterocycles. The predicted molar refractivity (Wildman–Crippen MR) is 49.0 cm³/mol. The van der Waals surface area contributed by atoms with Crippen molar-refractivity contribution in [2.75, 3.05) is 5.73 Å². The van der Waals surface area contributed by atoms with Gasteiger partial charge in [-0.3, -0.25) is 4.79 Å². The zero-order valence-electron chi connectivity index (χ0n) is 5.47. The zero-order chi connectivity index (χ0) is 8.43. The molecule has 0 saturated carbocycles. The summed E-state index contributed by atoms with van der Waals surface area (Å²) in [6, 6.07) is 3.29. The van der Waals surface area contributed by atoms with E-state index >= 15 is 0 Å². The van der Waals surface area contributed by atoms with Crippen LogP contribution in [-0.2, 0) is 0 Å². The van der Waals surface area contributed by atoms with E-state index in [0.717, 1.165) is 0 Å². The number of halogens is 2. The van der Waals surface area contributed by atoms with Crippen LogP contribution in [0.1, 0.15) is 10.4 Å². The number of hydrogen-bond donors (Lipinski definition) is 1. The van der Waals surface area contributed by atoms with Crippen LogP contribution in [-0.4, -0.2) is 6.29 Å². The second-order valence-corrected chi connectivity index (χ2v) is 3.21. The first kappa shape index (κ1) is 8.56. The summed E-state index contributed by atoms with van der Waals surface area (Å²) in [5, 5.41) is 0.384. The summed E-state index contributed by atoms with van der Waals surface area (Å²) in [6.07, 6.45) is 0.674. The van der Waals surface area contributed by atoms with Crippen LogP contribution in [0.15, 0.2) is 16.6 Å². The molecule has 1 aromatic rings. The van der Waals surface area contributed by atoms with E-state index in [1.165, 1.54) is 0 Å². The van der Waals surface area contributed by atoms with Crippen molar-refractivity contribution in [3.63, 3.8) is 0 Å². The first-order valence-electron chi connectivity index (χ1n) is 2.85. The Morgan fingerprint density at radius 1 is 1.55 bits per heavy atom. The Morgan fingerprint density at radius 3 is 2.73 bits per heavy atom. The van der Waals surface area contributed by atoms with E-state index in [-0.39, 0.29) is 0 Å². The van der Waals surface area contributed by atoms with Gasteiger partial charge in [-0.2, -0.15) is 0 Å². The van der Waals surface area contributed by atoms with Gasteiger partial charge >= 0.3 is 0 Å². The molecule has 0 saturated heterocycles. The molecule has 0 aliphatic rings. The lowest BCUT2D eigenvalue weighted by Crippen LogP contribution is -1.93. The van der Waals surface area contributed by atoms with Crippen molar-refractivity contribution in [2.24, 2.45) is 0 Å². The van der Waals surface area contributed by atoms with Crippen LogP contribution in [0.25, 0.3) is 0 Å². The fourth-order valence-corrected chi connectivity index (χ4v) is 1.20. The smallest absolute Gasteiger partial charge is 0.152 e. The highest BCUT2D eigenvalue weighted by Crippen LogP contribution is 2.29. The third-order valence-corrected chi connectivity index (χ3v) is 2.59. The van der Waals surface area contributed by atoms with Crippen LogP contribution in [0.4, 0.5) is 5.69 Å². The second-order valence-electron chi connectivity index (χ2n) is 1.98. The molecule has 0 spiro atoms. The molecule has 0 aliphatic carbocycles. The maximum atomic E-state index is 10.3. The van der Waals surface area contributed by atoms with E-state index in [1.54, 1.807) is 12.1 Å². The molecule has 58 valence electrons. The highest BCUT2D eigenvalue weighted by molar-refractivity contribution is 9.10. The Hall–Kier alpha value is -0.540. The van der Waals surface area contributed by atoms with Crippen molar-refractivity contribution in [2.45, 2.75) is 0 Å². The standard InChI is InChI=1S/C7H5BrClNO/c8-5-2-1-4(3-11)7(10)6(5)9/h1-3H,10H2. The first-order valence-corrected chi connectivity index (χ1v) is 4.02. The molecule has 1 aromatic carbocycles. The molecule has 2 nitrogen and oxygen atoms in total. The largest absolute Gasteiger partial charge is 0.397 e. The highest BCUT2D eigenvalue weighted by Gasteiger charge is 2.05.